The average Bonchev–Trinajstić information content (AvgIpc) is 2.37. The second-order valence-corrected chi connectivity index (χ2v) is 5.12. The van der Waals surface area contributed by atoms with Crippen molar-refractivity contribution in [3.8, 4) is 5.75 Å². The number of nitrogens with zero attached hydrogens (tertiary/aromatic N) is 1. The van der Waals surface area contributed by atoms with Crippen LogP contribution in [0.1, 0.15) is 36.6 Å². The van der Waals surface area contributed by atoms with Crippen molar-refractivity contribution in [1.82, 2.24) is 4.98 Å². The van der Waals surface area contributed by atoms with Crippen LogP contribution in [0.3, 0.4) is 0 Å². The Bertz CT molecular complexity index is 599. The lowest BCUT2D eigenvalue weighted by Gasteiger charge is -2.15. The fourth-order valence-corrected chi connectivity index (χ4v) is 2.01. The molecule has 0 fully saturated rings. The van der Waals surface area contributed by atoms with E-state index in [-0.39, 0.29) is 11.9 Å². The quantitative estimate of drug-likeness (QED) is 0.930. The largest absolute Gasteiger partial charge is 0.489 e. The zero-order valence-electron chi connectivity index (χ0n) is 11.9. The maximum absolute atomic E-state index is 14.0. The van der Waals surface area contributed by atoms with Crippen LogP contribution in [-0.2, 0) is 0 Å². The highest BCUT2D eigenvalue weighted by Crippen LogP contribution is 2.25. The Labute approximate surface area is 118 Å². The summed E-state index contributed by atoms with van der Waals surface area (Å²) in [5.74, 6) is 0.341. The van der Waals surface area contributed by atoms with Gasteiger partial charge in [-0.2, -0.15) is 0 Å². The van der Waals surface area contributed by atoms with Gasteiger partial charge in [0.2, 0.25) is 0 Å². The number of aromatic nitrogens is 1. The molecule has 2 N–H and O–H groups in total. The van der Waals surface area contributed by atoms with Crippen LogP contribution in [0.2, 0.25) is 0 Å². The lowest BCUT2D eigenvalue weighted by Crippen LogP contribution is -2.14. The topological polar surface area (TPSA) is 48.1 Å². The van der Waals surface area contributed by atoms with Crippen LogP contribution < -0.4 is 10.5 Å². The molecule has 0 amide bonds. The van der Waals surface area contributed by atoms with E-state index in [2.05, 4.69) is 4.98 Å². The molecule has 1 heterocycles. The Morgan fingerprint density at radius 3 is 2.60 bits per heavy atom. The minimum atomic E-state index is -0.557. The maximum Gasteiger partial charge on any atom is 0.138 e. The van der Waals surface area contributed by atoms with E-state index in [0.29, 0.717) is 11.3 Å². The van der Waals surface area contributed by atoms with E-state index < -0.39 is 6.04 Å². The summed E-state index contributed by atoms with van der Waals surface area (Å²) in [5, 5.41) is 0. The molecule has 1 aromatic carbocycles. The normalized spacial score (nSPS) is 12.5. The van der Waals surface area contributed by atoms with Crippen LogP contribution >= 0.6 is 0 Å². The molecule has 0 radical (unpaired) electrons. The second-order valence-electron chi connectivity index (χ2n) is 5.12. The number of ether oxygens (including phenoxy) is 1. The molecule has 0 saturated heterocycles. The van der Waals surface area contributed by atoms with Crippen molar-refractivity contribution in [2.24, 2.45) is 5.73 Å². The highest BCUT2D eigenvalue weighted by molar-refractivity contribution is 5.35. The molecule has 2 aromatic rings. The van der Waals surface area contributed by atoms with Crippen molar-refractivity contribution in [3.63, 3.8) is 0 Å². The zero-order valence-corrected chi connectivity index (χ0v) is 11.9. The minimum absolute atomic E-state index is 0.0550. The molecule has 0 spiro atoms. The van der Waals surface area contributed by atoms with Gasteiger partial charge in [-0.25, -0.2) is 4.39 Å². The van der Waals surface area contributed by atoms with Gasteiger partial charge in [-0.1, -0.05) is 12.1 Å². The number of hydrogen-bond acceptors (Lipinski definition) is 3. The van der Waals surface area contributed by atoms with Crippen LogP contribution in [0.5, 0.6) is 5.75 Å². The van der Waals surface area contributed by atoms with E-state index in [0.717, 1.165) is 11.1 Å². The first-order chi connectivity index (χ1) is 9.47. The molecule has 1 unspecified atom stereocenters. The van der Waals surface area contributed by atoms with E-state index in [9.17, 15) is 4.39 Å². The third kappa shape index (κ3) is 3.33. The van der Waals surface area contributed by atoms with Gasteiger partial charge < -0.3 is 10.5 Å². The average molecular weight is 274 g/mol. The monoisotopic (exact) mass is 274 g/mol. The molecule has 106 valence electrons. The third-order valence-electron chi connectivity index (χ3n) is 2.96. The number of benzene rings is 1. The van der Waals surface area contributed by atoms with Crippen molar-refractivity contribution >= 4 is 0 Å². The number of aryl methyl sites for hydroxylation is 1. The van der Waals surface area contributed by atoms with E-state index in [4.69, 9.17) is 10.5 Å². The maximum atomic E-state index is 14.0. The molecule has 0 aliphatic rings. The lowest BCUT2D eigenvalue weighted by atomic mass is 9.99. The summed E-state index contributed by atoms with van der Waals surface area (Å²) in [6.07, 6.45) is 3.32. The molecule has 0 bridgehead atoms. The van der Waals surface area contributed by atoms with Crippen molar-refractivity contribution in [3.05, 3.63) is 59.2 Å². The van der Waals surface area contributed by atoms with Gasteiger partial charge in [0.25, 0.3) is 0 Å². The summed E-state index contributed by atoms with van der Waals surface area (Å²) >= 11 is 0. The summed E-state index contributed by atoms with van der Waals surface area (Å²) < 4.78 is 19.5. The Hall–Kier alpha value is -1.94. The van der Waals surface area contributed by atoms with Crippen molar-refractivity contribution in [1.29, 1.82) is 0 Å². The summed E-state index contributed by atoms with van der Waals surface area (Å²) in [7, 11) is 0. The fourth-order valence-electron chi connectivity index (χ4n) is 2.01. The number of hydrogen-bond donors (Lipinski definition) is 1. The standard InChI is InChI=1S/C16H19FN2O/c1-10(2)20-13-7-12(8-19-9-13)16(18)14-5-4-11(3)6-15(14)17/h4-10,16H,18H2,1-3H3. The fraction of sp³-hybridized carbons (Fsp3) is 0.312. The van der Waals surface area contributed by atoms with Crippen LogP contribution in [0.25, 0.3) is 0 Å². The van der Waals surface area contributed by atoms with Crippen LogP contribution in [0, 0.1) is 12.7 Å². The van der Waals surface area contributed by atoms with Crippen molar-refractivity contribution in [2.45, 2.75) is 32.9 Å². The predicted octanol–water partition coefficient (Wildman–Crippen LogP) is 3.36. The first-order valence-corrected chi connectivity index (χ1v) is 6.60. The molecule has 1 atom stereocenters. The van der Waals surface area contributed by atoms with Gasteiger partial charge in [-0.05, 0) is 44.0 Å². The highest BCUT2D eigenvalue weighted by Gasteiger charge is 2.15. The summed E-state index contributed by atoms with van der Waals surface area (Å²) in [6, 6.07) is 6.29. The van der Waals surface area contributed by atoms with Crippen LogP contribution in [-0.4, -0.2) is 11.1 Å². The number of nitrogens with two attached hydrogens (primary N) is 1. The predicted molar refractivity (Wildman–Crippen MR) is 77.2 cm³/mol. The molecule has 0 aliphatic carbocycles. The van der Waals surface area contributed by atoms with Gasteiger partial charge in [0.15, 0.2) is 0 Å². The number of pyridine rings is 1. The SMILES string of the molecule is Cc1ccc(C(N)c2cncc(OC(C)C)c2)c(F)c1. The van der Waals surface area contributed by atoms with Gasteiger partial charge in [0, 0.05) is 11.8 Å². The van der Waals surface area contributed by atoms with E-state index in [1.54, 1.807) is 24.5 Å². The Morgan fingerprint density at radius 2 is 1.95 bits per heavy atom. The molecule has 3 nitrogen and oxygen atoms in total. The van der Waals surface area contributed by atoms with Crippen molar-refractivity contribution < 1.29 is 9.13 Å². The van der Waals surface area contributed by atoms with Crippen LogP contribution in [0.15, 0.2) is 36.7 Å². The summed E-state index contributed by atoms with van der Waals surface area (Å²) in [5.41, 5.74) is 8.19. The Morgan fingerprint density at radius 1 is 1.20 bits per heavy atom. The first kappa shape index (κ1) is 14.5. The van der Waals surface area contributed by atoms with Gasteiger partial charge in [-0.15, -0.1) is 0 Å². The van der Waals surface area contributed by atoms with Gasteiger partial charge in [0.05, 0.1) is 18.3 Å². The van der Waals surface area contributed by atoms with Crippen molar-refractivity contribution in [2.75, 3.05) is 0 Å². The highest BCUT2D eigenvalue weighted by atomic mass is 19.1. The molecule has 20 heavy (non-hydrogen) atoms. The van der Waals surface area contributed by atoms with E-state index in [1.807, 2.05) is 26.8 Å². The van der Waals surface area contributed by atoms with Crippen LogP contribution in [0.4, 0.5) is 4.39 Å². The molecule has 2 rings (SSSR count). The lowest BCUT2D eigenvalue weighted by molar-refractivity contribution is 0.241. The Balaban J connectivity index is 2.30. The molecule has 1 aromatic heterocycles. The molecular formula is C16H19FN2O. The molecule has 4 heteroatoms. The third-order valence-corrected chi connectivity index (χ3v) is 2.96. The van der Waals surface area contributed by atoms with Gasteiger partial charge >= 0.3 is 0 Å². The second kappa shape index (κ2) is 6.01. The summed E-state index contributed by atoms with van der Waals surface area (Å²) in [4.78, 5) is 4.10. The summed E-state index contributed by atoms with van der Waals surface area (Å²) in [6.45, 7) is 5.72. The molecule has 0 aliphatic heterocycles. The first-order valence-electron chi connectivity index (χ1n) is 6.60. The molecular weight excluding hydrogens is 255 g/mol. The molecule has 0 saturated carbocycles. The smallest absolute Gasteiger partial charge is 0.138 e. The number of halogens is 1. The van der Waals surface area contributed by atoms with E-state index in [1.165, 1.54) is 6.07 Å². The Kier molecular flexibility index (Phi) is 4.35. The number of rotatable bonds is 4. The van der Waals surface area contributed by atoms with E-state index >= 15 is 0 Å². The van der Waals surface area contributed by atoms with Gasteiger partial charge in [0.1, 0.15) is 11.6 Å². The van der Waals surface area contributed by atoms with Gasteiger partial charge in [-0.3, -0.25) is 4.98 Å². The zero-order chi connectivity index (χ0) is 14.7. The minimum Gasteiger partial charge on any atom is -0.489 e.